The molecule has 27 heavy (non-hydrogen) atoms. The first-order chi connectivity index (χ1) is 13.1. The van der Waals surface area contributed by atoms with Gasteiger partial charge < -0.3 is 15.4 Å². The average molecular weight is 380 g/mol. The van der Waals surface area contributed by atoms with Gasteiger partial charge in [0.1, 0.15) is 11.6 Å². The largest absolute Gasteiger partial charge is 0.497 e. The molecule has 0 amide bonds. The highest BCUT2D eigenvalue weighted by molar-refractivity contribution is 7.80. The predicted molar refractivity (Wildman–Crippen MR) is 112 cm³/mol. The zero-order valence-corrected chi connectivity index (χ0v) is 16.0. The smallest absolute Gasteiger partial charge is 0.171 e. The van der Waals surface area contributed by atoms with Crippen molar-refractivity contribution in [2.45, 2.75) is 13.0 Å². The molecule has 5 heteroatoms. The SMILES string of the molecule is COc1ccc([C@H](NC(=S)Nc2ccc(C)c(F)c2)c2ccccc2)cc1. The van der Waals surface area contributed by atoms with Gasteiger partial charge >= 0.3 is 0 Å². The summed E-state index contributed by atoms with van der Waals surface area (Å²) in [6, 6.07) is 22.7. The van der Waals surface area contributed by atoms with Gasteiger partial charge in [0.15, 0.2) is 5.11 Å². The molecule has 3 aromatic rings. The first-order valence-corrected chi connectivity index (χ1v) is 9.00. The normalized spacial score (nSPS) is 11.5. The van der Waals surface area contributed by atoms with Gasteiger partial charge in [0.2, 0.25) is 0 Å². The molecule has 0 aliphatic heterocycles. The van der Waals surface area contributed by atoms with Gasteiger partial charge in [0, 0.05) is 5.69 Å². The summed E-state index contributed by atoms with van der Waals surface area (Å²) in [5.74, 6) is 0.527. The number of nitrogens with one attached hydrogen (secondary N) is 2. The second-order valence-electron chi connectivity index (χ2n) is 6.18. The zero-order chi connectivity index (χ0) is 19.2. The van der Waals surface area contributed by atoms with E-state index in [9.17, 15) is 4.39 Å². The second kappa shape index (κ2) is 8.64. The third kappa shape index (κ3) is 4.83. The molecule has 3 rings (SSSR count). The third-order valence-corrected chi connectivity index (χ3v) is 4.51. The minimum Gasteiger partial charge on any atom is -0.497 e. The number of ether oxygens (including phenoxy) is 1. The lowest BCUT2D eigenvalue weighted by Gasteiger charge is -2.22. The molecule has 0 aliphatic carbocycles. The number of hydrogen-bond donors (Lipinski definition) is 2. The van der Waals surface area contributed by atoms with Crippen LogP contribution in [0.15, 0.2) is 72.8 Å². The summed E-state index contributed by atoms with van der Waals surface area (Å²) in [6.45, 7) is 1.73. The second-order valence-corrected chi connectivity index (χ2v) is 6.59. The van der Waals surface area contributed by atoms with Crippen molar-refractivity contribution >= 4 is 23.0 Å². The molecule has 0 heterocycles. The van der Waals surface area contributed by atoms with Crippen LogP contribution in [0.5, 0.6) is 5.75 Å². The standard InChI is InChI=1S/C22H21FN2OS/c1-15-8-11-18(14-20(15)23)24-22(27)25-21(16-6-4-3-5-7-16)17-9-12-19(26-2)13-10-17/h3-14,21H,1-2H3,(H2,24,25,27)/t21-/m1/s1. The van der Waals surface area contributed by atoms with Crippen LogP contribution in [-0.4, -0.2) is 12.2 Å². The van der Waals surface area contributed by atoms with Crippen LogP contribution >= 0.6 is 12.2 Å². The van der Waals surface area contributed by atoms with E-state index in [0.717, 1.165) is 16.9 Å². The molecule has 0 aliphatic rings. The average Bonchev–Trinajstić information content (AvgIpc) is 2.70. The number of rotatable bonds is 5. The Morgan fingerprint density at radius 2 is 1.63 bits per heavy atom. The summed E-state index contributed by atoms with van der Waals surface area (Å²) in [5.41, 5.74) is 3.32. The van der Waals surface area contributed by atoms with Gasteiger partial charge in [0.25, 0.3) is 0 Å². The van der Waals surface area contributed by atoms with E-state index in [-0.39, 0.29) is 11.9 Å². The maximum atomic E-state index is 13.8. The van der Waals surface area contributed by atoms with Crippen molar-refractivity contribution in [3.63, 3.8) is 0 Å². The quantitative estimate of drug-likeness (QED) is 0.595. The van der Waals surface area contributed by atoms with Gasteiger partial charge in [-0.3, -0.25) is 0 Å². The first-order valence-electron chi connectivity index (χ1n) is 8.59. The van der Waals surface area contributed by atoms with Gasteiger partial charge in [-0.25, -0.2) is 4.39 Å². The molecule has 138 valence electrons. The summed E-state index contributed by atoms with van der Waals surface area (Å²) in [6.07, 6.45) is 0. The molecule has 3 nitrogen and oxygen atoms in total. The van der Waals surface area contributed by atoms with Crippen LogP contribution in [0.3, 0.4) is 0 Å². The molecule has 2 N–H and O–H groups in total. The van der Waals surface area contributed by atoms with Gasteiger partial charge in [0.05, 0.1) is 13.2 Å². The van der Waals surface area contributed by atoms with Crippen LogP contribution in [0.25, 0.3) is 0 Å². The molecule has 0 unspecified atom stereocenters. The van der Waals surface area contributed by atoms with Gasteiger partial charge in [-0.1, -0.05) is 48.5 Å². The summed E-state index contributed by atoms with van der Waals surface area (Å²) in [4.78, 5) is 0. The number of thiocarbonyl (C=S) groups is 1. The first kappa shape index (κ1) is 18.9. The van der Waals surface area contributed by atoms with Gasteiger partial charge in [-0.05, 0) is 60.1 Å². The van der Waals surface area contributed by atoms with Crippen molar-refractivity contribution in [1.82, 2.24) is 5.32 Å². The highest BCUT2D eigenvalue weighted by Gasteiger charge is 2.15. The fourth-order valence-electron chi connectivity index (χ4n) is 2.77. The molecule has 0 saturated heterocycles. The number of methoxy groups -OCH3 is 1. The maximum absolute atomic E-state index is 13.8. The monoisotopic (exact) mass is 380 g/mol. The predicted octanol–water partition coefficient (Wildman–Crippen LogP) is 5.22. The van der Waals surface area contributed by atoms with Crippen molar-refractivity contribution in [2.24, 2.45) is 0 Å². The fraction of sp³-hybridized carbons (Fsp3) is 0.136. The summed E-state index contributed by atoms with van der Waals surface area (Å²) in [5, 5.41) is 6.80. The Kier molecular flexibility index (Phi) is 6.04. The van der Waals surface area contributed by atoms with E-state index in [1.807, 2.05) is 54.6 Å². The molecule has 1 atom stereocenters. The highest BCUT2D eigenvalue weighted by atomic mass is 32.1. The van der Waals surface area contributed by atoms with E-state index in [2.05, 4.69) is 10.6 Å². The Bertz CT molecular complexity index is 913. The number of benzene rings is 3. The summed E-state index contributed by atoms with van der Waals surface area (Å²) < 4.78 is 19.0. The van der Waals surface area contributed by atoms with Crippen molar-refractivity contribution in [3.8, 4) is 5.75 Å². The number of aryl methyl sites for hydroxylation is 1. The maximum Gasteiger partial charge on any atom is 0.171 e. The number of halogens is 1. The summed E-state index contributed by atoms with van der Waals surface area (Å²) >= 11 is 5.47. The lowest BCUT2D eigenvalue weighted by Crippen LogP contribution is -2.33. The lowest BCUT2D eigenvalue weighted by molar-refractivity contribution is 0.414. The van der Waals surface area contributed by atoms with E-state index in [0.29, 0.717) is 16.4 Å². The number of anilines is 1. The molecule has 0 bridgehead atoms. The van der Waals surface area contributed by atoms with E-state index in [1.54, 1.807) is 26.2 Å². The molecular weight excluding hydrogens is 359 g/mol. The van der Waals surface area contributed by atoms with E-state index in [4.69, 9.17) is 17.0 Å². The molecule has 3 aromatic carbocycles. The molecular formula is C22H21FN2OS. The van der Waals surface area contributed by atoms with Crippen molar-refractivity contribution < 1.29 is 9.13 Å². The highest BCUT2D eigenvalue weighted by Crippen LogP contribution is 2.24. The van der Waals surface area contributed by atoms with Crippen molar-refractivity contribution in [1.29, 1.82) is 0 Å². The van der Waals surface area contributed by atoms with Gasteiger partial charge in [-0.15, -0.1) is 0 Å². The summed E-state index contributed by atoms with van der Waals surface area (Å²) in [7, 11) is 1.64. The lowest BCUT2D eigenvalue weighted by atomic mass is 9.99. The molecule has 0 radical (unpaired) electrons. The zero-order valence-electron chi connectivity index (χ0n) is 15.2. The van der Waals surface area contributed by atoms with Crippen molar-refractivity contribution in [3.05, 3.63) is 95.3 Å². The Morgan fingerprint density at radius 1 is 0.963 bits per heavy atom. The van der Waals surface area contributed by atoms with Crippen LogP contribution in [0.4, 0.5) is 10.1 Å². The van der Waals surface area contributed by atoms with Gasteiger partial charge in [-0.2, -0.15) is 0 Å². The molecule has 0 spiro atoms. The fourth-order valence-corrected chi connectivity index (χ4v) is 3.01. The van der Waals surface area contributed by atoms with Crippen LogP contribution in [0, 0.1) is 12.7 Å². The topological polar surface area (TPSA) is 33.3 Å². The van der Waals surface area contributed by atoms with Crippen LogP contribution in [-0.2, 0) is 0 Å². The molecule has 0 fully saturated rings. The van der Waals surface area contributed by atoms with Crippen LogP contribution in [0.1, 0.15) is 22.7 Å². The van der Waals surface area contributed by atoms with E-state index >= 15 is 0 Å². The Morgan fingerprint density at radius 3 is 2.26 bits per heavy atom. The third-order valence-electron chi connectivity index (χ3n) is 4.29. The Hall–Kier alpha value is -2.92. The van der Waals surface area contributed by atoms with E-state index in [1.165, 1.54) is 6.07 Å². The minimum atomic E-state index is -0.266. The Labute approximate surface area is 164 Å². The molecule has 0 aromatic heterocycles. The Balaban J connectivity index is 1.82. The van der Waals surface area contributed by atoms with Crippen molar-refractivity contribution in [2.75, 3.05) is 12.4 Å². The van der Waals surface area contributed by atoms with E-state index < -0.39 is 0 Å². The number of hydrogen-bond acceptors (Lipinski definition) is 2. The molecule has 0 saturated carbocycles. The van der Waals surface area contributed by atoms with Crippen LogP contribution in [0.2, 0.25) is 0 Å². The van der Waals surface area contributed by atoms with Crippen LogP contribution < -0.4 is 15.4 Å². The minimum absolute atomic E-state index is 0.146.